The van der Waals surface area contributed by atoms with Crippen molar-refractivity contribution in [3.05, 3.63) is 23.8 Å². The number of ether oxygens (including phenoxy) is 3. The van der Waals surface area contributed by atoms with Crippen LogP contribution in [0.5, 0.6) is 0 Å². The zero-order valence-electron chi connectivity index (χ0n) is 27.2. The zero-order chi connectivity index (χ0) is 29.8. The quantitative estimate of drug-likeness (QED) is 0.321. The molecule has 41 heavy (non-hydrogen) atoms. The number of hydrogen-bond donors (Lipinski definition) is 2. The minimum Gasteiger partial charge on any atom is -0.393 e. The van der Waals surface area contributed by atoms with Crippen LogP contribution in [-0.4, -0.2) is 54.6 Å². The number of hydrogen-bond acceptors (Lipinski definition) is 5. The summed E-state index contributed by atoms with van der Waals surface area (Å²) in [5.41, 5.74) is 2.75. The maximum absolute atomic E-state index is 12.3. The Balaban J connectivity index is 1.26. The largest absolute Gasteiger partial charge is 0.393 e. The highest BCUT2D eigenvalue weighted by Crippen LogP contribution is 2.91. The number of allylic oxidation sites excluding steroid dienone is 1. The Morgan fingerprint density at radius 3 is 2.41 bits per heavy atom. The first-order valence-electron chi connectivity index (χ1n) is 16.6. The minimum absolute atomic E-state index is 0.0325. The van der Waals surface area contributed by atoms with Crippen molar-refractivity contribution in [1.29, 1.82) is 0 Å². The van der Waals surface area contributed by atoms with Crippen LogP contribution >= 0.6 is 0 Å². The van der Waals surface area contributed by atoms with Crippen molar-refractivity contribution in [2.75, 3.05) is 13.7 Å². The van der Waals surface area contributed by atoms with Gasteiger partial charge in [0.25, 0.3) is 0 Å². The zero-order valence-corrected chi connectivity index (χ0v) is 27.2. The lowest BCUT2D eigenvalue weighted by Gasteiger charge is -2.68. The van der Waals surface area contributed by atoms with Gasteiger partial charge in [-0.15, -0.1) is 0 Å². The van der Waals surface area contributed by atoms with E-state index in [-0.39, 0.29) is 51.7 Å². The molecule has 5 saturated carbocycles. The van der Waals surface area contributed by atoms with Gasteiger partial charge in [0.05, 0.1) is 24.9 Å². The summed E-state index contributed by atoms with van der Waals surface area (Å²) in [6.45, 7) is 20.8. The van der Waals surface area contributed by atoms with Gasteiger partial charge in [-0.25, -0.2) is 0 Å². The highest BCUT2D eigenvalue weighted by molar-refractivity contribution is 5.33. The number of aliphatic hydroxyl groups excluding tert-OH is 2. The highest BCUT2D eigenvalue weighted by Gasteiger charge is 2.85. The normalized spacial score (nSPS) is 52.0. The number of methoxy groups -OCH3 is 1. The molecule has 5 nitrogen and oxygen atoms in total. The molecule has 2 N–H and O–H groups in total. The van der Waals surface area contributed by atoms with Crippen molar-refractivity contribution in [2.24, 2.45) is 50.7 Å². The third-order valence-electron chi connectivity index (χ3n) is 14.6. The molecule has 5 heteroatoms. The predicted octanol–water partition coefficient (Wildman–Crippen LogP) is 7.06. The number of fused-ring (bicyclic) bond motifs is 3. The van der Waals surface area contributed by atoms with Crippen LogP contribution in [0.15, 0.2) is 23.8 Å². The second-order valence-electron chi connectivity index (χ2n) is 16.7. The average Bonchev–Trinajstić information content (AvgIpc) is 3.23. The van der Waals surface area contributed by atoms with Crippen LogP contribution in [0.3, 0.4) is 0 Å². The second-order valence-corrected chi connectivity index (χ2v) is 16.7. The maximum atomic E-state index is 12.3. The van der Waals surface area contributed by atoms with E-state index in [0.717, 1.165) is 24.8 Å². The fourth-order valence-electron chi connectivity index (χ4n) is 12.7. The van der Waals surface area contributed by atoms with Crippen LogP contribution in [0.4, 0.5) is 0 Å². The van der Waals surface area contributed by atoms with E-state index in [9.17, 15) is 10.2 Å². The van der Waals surface area contributed by atoms with Crippen molar-refractivity contribution in [2.45, 2.75) is 137 Å². The molecule has 0 spiro atoms. The van der Waals surface area contributed by atoms with E-state index < -0.39 is 6.10 Å². The Morgan fingerprint density at radius 2 is 1.76 bits per heavy atom. The molecule has 6 fully saturated rings. The molecule has 0 radical (unpaired) electrons. The molecule has 6 rings (SSSR count). The molecule has 0 aromatic heterocycles. The molecule has 1 saturated heterocycles. The summed E-state index contributed by atoms with van der Waals surface area (Å²) in [5, 5.41) is 23.1. The molecule has 1 heterocycles. The van der Waals surface area contributed by atoms with Gasteiger partial charge in [0, 0.05) is 18.4 Å². The highest BCUT2D eigenvalue weighted by atomic mass is 16.7. The van der Waals surface area contributed by atoms with Crippen molar-refractivity contribution >= 4 is 0 Å². The Bertz CT molecular complexity index is 1080. The van der Waals surface area contributed by atoms with Crippen LogP contribution < -0.4 is 0 Å². The van der Waals surface area contributed by atoms with E-state index in [4.69, 9.17) is 14.2 Å². The minimum atomic E-state index is -0.643. The third-order valence-corrected chi connectivity index (χ3v) is 14.6. The first-order chi connectivity index (χ1) is 19.2. The molecule has 0 aromatic carbocycles. The van der Waals surface area contributed by atoms with Gasteiger partial charge in [0.1, 0.15) is 6.10 Å². The summed E-state index contributed by atoms with van der Waals surface area (Å²) in [5.74, 6) is 1.81. The molecule has 0 amide bonds. The summed E-state index contributed by atoms with van der Waals surface area (Å²) in [4.78, 5) is 0. The van der Waals surface area contributed by atoms with E-state index >= 15 is 0 Å². The summed E-state index contributed by atoms with van der Waals surface area (Å²) >= 11 is 0. The standard InChI is InChI=1S/C36H58O5/c1-21(2)13-17-40-29-12-14-33(7)26-11-15-35-20-36(35,34(26,8)28(37)19-27(33)32(29,5)6)16-10-24(35)23-18-25(30(38)22(3)4)41-31(23)39-9/h13,23-31,37-38H,3,10-12,14-20H2,1-2,4-9H3/t23-,24-,25+,26+,27-,28+,29-,30?,31+,33+,34-,35+,36+/m0/s1. The molecule has 13 atom stereocenters. The van der Waals surface area contributed by atoms with Gasteiger partial charge in [0.2, 0.25) is 0 Å². The van der Waals surface area contributed by atoms with E-state index in [0.29, 0.717) is 30.3 Å². The van der Waals surface area contributed by atoms with Gasteiger partial charge < -0.3 is 24.4 Å². The Kier molecular flexibility index (Phi) is 7.31. The molecular weight excluding hydrogens is 512 g/mol. The summed E-state index contributed by atoms with van der Waals surface area (Å²) < 4.78 is 18.8. The smallest absolute Gasteiger partial charge is 0.160 e. The maximum Gasteiger partial charge on any atom is 0.160 e. The van der Waals surface area contributed by atoms with Gasteiger partial charge in [-0.2, -0.15) is 0 Å². The van der Waals surface area contributed by atoms with Crippen molar-refractivity contribution < 1.29 is 24.4 Å². The van der Waals surface area contributed by atoms with Crippen LogP contribution in [0.2, 0.25) is 0 Å². The molecule has 6 aliphatic rings. The van der Waals surface area contributed by atoms with Gasteiger partial charge in [-0.1, -0.05) is 45.9 Å². The van der Waals surface area contributed by atoms with E-state index in [1.807, 2.05) is 6.92 Å². The first-order valence-corrected chi connectivity index (χ1v) is 16.6. The van der Waals surface area contributed by atoms with Crippen LogP contribution in [-0.2, 0) is 14.2 Å². The van der Waals surface area contributed by atoms with Crippen molar-refractivity contribution in [1.82, 2.24) is 0 Å². The SMILES string of the molecule is C=C(C)C(O)[C@H]1C[C@@H]([C@@H]2CC[C@]34C[C@]23CC[C@@H]2[C@@]3(C)CC[C@H](OCC=C(C)C)C(C)(C)[C@@H]3C[C@@H](O)[C@]24C)[C@H](OC)O1. The lowest BCUT2D eigenvalue weighted by molar-refractivity contribution is -0.247. The van der Waals surface area contributed by atoms with E-state index in [2.05, 4.69) is 54.2 Å². The van der Waals surface area contributed by atoms with Crippen molar-refractivity contribution in [3.8, 4) is 0 Å². The molecule has 5 aliphatic carbocycles. The Morgan fingerprint density at radius 1 is 1.02 bits per heavy atom. The van der Waals surface area contributed by atoms with E-state index in [1.165, 1.54) is 44.1 Å². The van der Waals surface area contributed by atoms with Gasteiger partial charge in [0.15, 0.2) is 6.29 Å². The van der Waals surface area contributed by atoms with Crippen LogP contribution in [0.25, 0.3) is 0 Å². The fraction of sp³-hybridized carbons (Fsp3) is 0.889. The molecule has 1 unspecified atom stereocenters. The molecule has 0 bridgehead atoms. The Labute approximate surface area is 249 Å². The Hall–Kier alpha value is -0.720. The third kappa shape index (κ3) is 3.97. The first kappa shape index (κ1) is 30.3. The predicted molar refractivity (Wildman–Crippen MR) is 162 cm³/mol. The molecule has 232 valence electrons. The van der Waals surface area contributed by atoms with Gasteiger partial charge in [-0.3, -0.25) is 0 Å². The molecular formula is C36H58O5. The number of rotatable bonds is 7. The fourth-order valence-corrected chi connectivity index (χ4v) is 12.7. The van der Waals surface area contributed by atoms with Gasteiger partial charge in [-0.05, 0) is 124 Å². The van der Waals surface area contributed by atoms with Crippen LogP contribution in [0.1, 0.15) is 106 Å². The average molecular weight is 571 g/mol. The summed E-state index contributed by atoms with van der Waals surface area (Å²) in [6, 6.07) is 0. The topological polar surface area (TPSA) is 68.2 Å². The lowest BCUT2D eigenvalue weighted by atomic mass is 9.37. The van der Waals surface area contributed by atoms with E-state index in [1.54, 1.807) is 7.11 Å². The second kappa shape index (κ2) is 9.89. The van der Waals surface area contributed by atoms with Gasteiger partial charge >= 0.3 is 0 Å². The van der Waals surface area contributed by atoms with Crippen LogP contribution in [0, 0.1) is 50.7 Å². The molecule has 0 aromatic rings. The van der Waals surface area contributed by atoms with Crippen molar-refractivity contribution in [3.63, 3.8) is 0 Å². The number of aliphatic hydroxyl groups is 2. The lowest BCUT2D eigenvalue weighted by Crippen LogP contribution is -2.66. The summed E-state index contributed by atoms with van der Waals surface area (Å²) in [7, 11) is 1.76. The monoisotopic (exact) mass is 570 g/mol. The molecule has 1 aliphatic heterocycles. The summed E-state index contributed by atoms with van der Waals surface area (Å²) in [6.07, 6.45) is 11.1.